The van der Waals surface area contributed by atoms with E-state index < -0.39 is 6.10 Å². The van der Waals surface area contributed by atoms with E-state index in [4.69, 9.17) is 14.2 Å². The van der Waals surface area contributed by atoms with Gasteiger partial charge >= 0.3 is 17.9 Å². The minimum Gasteiger partial charge on any atom is -0.462 e. The lowest BCUT2D eigenvalue weighted by Crippen LogP contribution is -2.30. The predicted octanol–water partition coefficient (Wildman–Crippen LogP) is 19.0. The number of allylic oxidation sites excluding steroid dienone is 12. The highest BCUT2D eigenvalue weighted by Crippen LogP contribution is 2.14. The average molecular weight is 936 g/mol. The van der Waals surface area contributed by atoms with Gasteiger partial charge in [-0.25, -0.2) is 0 Å². The number of carbonyl (C=O) groups excluding carboxylic acids is 3. The van der Waals surface area contributed by atoms with Gasteiger partial charge in [-0.3, -0.25) is 14.4 Å². The third-order valence-electron chi connectivity index (χ3n) is 12.2. The second kappa shape index (κ2) is 55.4. The molecule has 0 saturated heterocycles. The zero-order valence-electron chi connectivity index (χ0n) is 44.2. The van der Waals surface area contributed by atoms with Gasteiger partial charge in [0.25, 0.3) is 0 Å². The summed E-state index contributed by atoms with van der Waals surface area (Å²) in [6.45, 7) is 6.56. The van der Waals surface area contributed by atoms with Gasteiger partial charge in [0.05, 0.1) is 0 Å². The Labute approximate surface area is 414 Å². The van der Waals surface area contributed by atoms with Gasteiger partial charge in [0.1, 0.15) is 13.2 Å². The number of hydrogen-bond acceptors (Lipinski definition) is 6. The molecule has 1 atom stereocenters. The zero-order valence-corrected chi connectivity index (χ0v) is 44.2. The van der Waals surface area contributed by atoms with E-state index in [2.05, 4.69) is 93.7 Å². The van der Waals surface area contributed by atoms with Crippen molar-refractivity contribution in [3.05, 3.63) is 72.9 Å². The van der Waals surface area contributed by atoms with Crippen LogP contribution in [0.4, 0.5) is 0 Å². The standard InChI is InChI=1S/C61H106O6/c1-4-7-10-13-16-19-22-25-28-30-33-36-39-42-45-48-51-54-60(63)66-57-58(56-65-59(62)53-50-47-44-41-38-35-32-27-24-21-18-15-12-9-6-3)67-61(64)55-52-49-46-43-40-37-34-31-29-26-23-20-17-14-11-8-5-2/h18,21,25-29,32,34,37,43,46,58H,4-17,19-20,22-24,30-31,33,35-36,38-42,44-45,47-57H2,1-3H3/b21-18-,28-25-,29-26-,32-27-,37-34-,46-43-/t58-/m1/s1. The third kappa shape index (κ3) is 53.7. The first-order chi connectivity index (χ1) is 33.0. The summed E-state index contributed by atoms with van der Waals surface area (Å²) in [5.41, 5.74) is 0. The van der Waals surface area contributed by atoms with Crippen molar-refractivity contribution in [3.63, 3.8) is 0 Å². The minimum absolute atomic E-state index is 0.102. The second-order valence-corrected chi connectivity index (χ2v) is 18.8. The highest BCUT2D eigenvalue weighted by molar-refractivity contribution is 5.71. The summed E-state index contributed by atoms with van der Waals surface area (Å²) >= 11 is 0. The van der Waals surface area contributed by atoms with Gasteiger partial charge in [-0.1, -0.05) is 222 Å². The molecule has 0 amide bonds. The van der Waals surface area contributed by atoms with E-state index >= 15 is 0 Å². The van der Waals surface area contributed by atoms with Crippen LogP contribution in [0.3, 0.4) is 0 Å². The van der Waals surface area contributed by atoms with Crippen molar-refractivity contribution in [2.24, 2.45) is 0 Å². The van der Waals surface area contributed by atoms with Crippen LogP contribution < -0.4 is 0 Å². The molecular weight excluding hydrogens is 829 g/mol. The van der Waals surface area contributed by atoms with E-state index in [9.17, 15) is 14.4 Å². The fourth-order valence-corrected chi connectivity index (χ4v) is 7.84. The first kappa shape index (κ1) is 63.8. The molecule has 0 rings (SSSR count). The lowest BCUT2D eigenvalue weighted by Gasteiger charge is -2.18. The first-order valence-electron chi connectivity index (χ1n) is 28.4. The molecule has 0 aromatic rings. The van der Waals surface area contributed by atoms with Crippen LogP contribution in [0.25, 0.3) is 0 Å². The molecule has 6 nitrogen and oxygen atoms in total. The molecule has 0 heterocycles. The summed E-state index contributed by atoms with van der Waals surface area (Å²) in [6, 6.07) is 0. The van der Waals surface area contributed by atoms with Crippen LogP contribution in [0.15, 0.2) is 72.9 Å². The molecule has 0 aliphatic rings. The summed E-state index contributed by atoms with van der Waals surface area (Å²) < 4.78 is 16.8. The number of ether oxygens (including phenoxy) is 3. The Morgan fingerprint density at radius 3 is 0.925 bits per heavy atom. The van der Waals surface area contributed by atoms with E-state index in [-0.39, 0.29) is 37.5 Å². The normalized spacial score (nSPS) is 12.6. The smallest absolute Gasteiger partial charge is 0.306 e. The molecule has 0 aliphatic carbocycles. The lowest BCUT2D eigenvalue weighted by molar-refractivity contribution is -0.167. The summed E-state index contributed by atoms with van der Waals surface area (Å²) in [4.78, 5) is 38.1. The second-order valence-electron chi connectivity index (χ2n) is 18.8. The maximum atomic E-state index is 12.8. The fourth-order valence-electron chi connectivity index (χ4n) is 7.84. The number of carbonyl (C=O) groups is 3. The Morgan fingerprint density at radius 1 is 0.299 bits per heavy atom. The molecule has 0 aromatic carbocycles. The summed E-state index contributed by atoms with van der Waals surface area (Å²) in [5.74, 6) is -0.967. The zero-order chi connectivity index (χ0) is 48.6. The topological polar surface area (TPSA) is 78.9 Å². The van der Waals surface area contributed by atoms with E-state index in [1.54, 1.807) is 0 Å². The molecule has 0 aliphatic heterocycles. The Morgan fingerprint density at radius 2 is 0.552 bits per heavy atom. The van der Waals surface area contributed by atoms with Gasteiger partial charge in [0, 0.05) is 19.3 Å². The predicted molar refractivity (Wildman–Crippen MR) is 288 cm³/mol. The molecule has 0 bridgehead atoms. The molecule has 386 valence electrons. The number of rotatable bonds is 51. The molecule has 6 heteroatoms. The highest BCUT2D eigenvalue weighted by Gasteiger charge is 2.19. The lowest BCUT2D eigenvalue weighted by atomic mass is 10.1. The van der Waals surface area contributed by atoms with Crippen LogP contribution in [0.1, 0.15) is 278 Å². The van der Waals surface area contributed by atoms with Crippen molar-refractivity contribution in [2.45, 2.75) is 284 Å². The van der Waals surface area contributed by atoms with Crippen molar-refractivity contribution >= 4 is 17.9 Å². The fraction of sp³-hybridized carbons (Fsp3) is 0.754. The highest BCUT2D eigenvalue weighted by atomic mass is 16.6. The average Bonchev–Trinajstić information content (AvgIpc) is 3.33. The van der Waals surface area contributed by atoms with Crippen LogP contribution in [0, 0.1) is 0 Å². The van der Waals surface area contributed by atoms with Crippen LogP contribution in [-0.4, -0.2) is 37.2 Å². The van der Waals surface area contributed by atoms with Gasteiger partial charge in [0.15, 0.2) is 6.10 Å². The van der Waals surface area contributed by atoms with Crippen molar-refractivity contribution in [2.75, 3.05) is 13.2 Å². The van der Waals surface area contributed by atoms with E-state index in [0.717, 1.165) is 83.5 Å². The minimum atomic E-state index is -0.809. The van der Waals surface area contributed by atoms with E-state index in [1.165, 1.54) is 148 Å². The number of esters is 3. The van der Waals surface area contributed by atoms with Gasteiger partial charge in [-0.15, -0.1) is 0 Å². The number of hydrogen-bond donors (Lipinski definition) is 0. The maximum absolute atomic E-state index is 12.8. The van der Waals surface area contributed by atoms with Crippen molar-refractivity contribution in [3.8, 4) is 0 Å². The SMILES string of the molecule is CCCCC/C=C\C/C=C\CCCCCCCC(=O)OC[C@H](COC(=O)CCCCCCCCC/C=C\CCCCCCCC)OC(=O)CCC/C=C\C/C=C\C/C=C\CCCCCCCC. The van der Waals surface area contributed by atoms with Crippen LogP contribution >= 0.6 is 0 Å². The maximum Gasteiger partial charge on any atom is 0.306 e. The van der Waals surface area contributed by atoms with Gasteiger partial charge in [-0.05, 0) is 109 Å². The molecule has 0 fully saturated rings. The van der Waals surface area contributed by atoms with Gasteiger partial charge < -0.3 is 14.2 Å². The van der Waals surface area contributed by atoms with Gasteiger partial charge in [0.2, 0.25) is 0 Å². The Kier molecular flexibility index (Phi) is 52.8. The first-order valence-corrected chi connectivity index (χ1v) is 28.4. The Bertz CT molecular complexity index is 1260. The molecule has 0 N–H and O–H groups in total. The Balaban J connectivity index is 4.48. The molecule has 0 aromatic heterocycles. The van der Waals surface area contributed by atoms with E-state index in [1.807, 2.05) is 0 Å². The van der Waals surface area contributed by atoms with Crippen LogP contribution in [0.5, 0.6) is 0 Å². The van der Waals surface area contributed by atoms with Gasteiger partial charge in [-0.2, -0.15) is 0 Å². The van der Waals surface area contributed by atoms with Crippen LogP contribution in [-0.2, 0) is 28.6 Å². The number of unbranched alkanes of at least 4 members (excludes halogenated alkanes) is 28. The molecule has 0 radical (unpaired) electrons. The summed E-state index contributed by atoms with van der Waals surface area (Å²) in [6.07, 6.45) is 70.3. The Hall–Kier alpha value is -3.15. The molecule has 0 spiro atoms. The summed E-state index contributed by atoms with van der Waals surface area (Å²) in [7, 11) is 0. The monoisotopic (exact) mass is 935 g/mol. The molecule has 67 heavy (non-hydrogen) atoms. The summed E-state index contributed by atoms with van der Waals surface area (Å²) in [5, 5.41) is 0. The van der Waals surface area contributed by atoms with Crippen LogP contribution in [0.2, 0.25) is 0 Å². The van der Waals surface area contributed by atoms with Crippen molar-refractivity contribution in [1.29, 1.82) is 0 Å². The van der Waals surface area contributed by atoms with E-state index in [0.29, 0.717) is 19.3 Å². The largest absolute Gasteiger partial charge is 0.462 e. The quantitative estimate of drug-likeness (QED) is 0.0262. The molecular formula is C61H106O6. The molecule has 0 unspecified atom stereocenters. The van der Waals surface area contributed by atoms with Crippen molar-refractivity contribution < 1.29 is 28.6 Å². The third-order valence-corrected chi connectivity index (χ3v) is 12.2. The van der Waals surface area contributed by atoms with Crippen molar-refractivity contribution in [1.82, 2.24) is 0 Å². The molecule has 0 saturated carbocycles.